The standard InChI is InChI=1S/C16H22FN3O3.ClH/c17-12-4-1-3-11(9-12)15(21)19-7-2-8-20-16(22)14-6-5-13(10-18)23-14;/h1,3-4,9,13-14H,2,5-8,10,18H2,(H,19,21)(H,20,22);1H/t13-,14+;/m1./s1. The van der Waals surface area contributed by atoms with E-state index in [9.17, 15) is 14.0 Å². The lowest BCUT2D eigenvalue weighted by Gasteiger charge is -2.12. The van der Waals surface area contributed by atoms with E-state index in [1.165, 1.54) is 18.2 Å². The maximum Gasteiger partial charge on any atom is 0.251 e. The van der Waals surface area contributed by atoms with Gasteiger partial charge in [-0.25, -0.2) is 4.39 Å². The summed E-state index contributed by atoms with van der Waals surface area (Å²) in [5, 5.41) is 5.46. The number of nitrogens with two attached hydrogens (primary N) is 1. The van der Waals surface area contributed by atoms with Gasteiger partial charge >= 0.3 is 0 Å². The monoisotopic (exact) mass is 359 g/mol. The van der Waals surface area contributed by atoms with E-state index < -0.39 is 11.9 Å². The van der Waals surface area contributed by atoms with Crippen LogP contribution in [-0.4, -0.2) is 43.7 Å². The van der Waals surface area contributed by atoms with Crippen molar-refractivity contribution >= 4 is 24.2 Å². The topological polar surface area (TPSA) is 93.5 Å². The van der Waals surface area contributed by atoms with Crippen LogP contribution in [0.4, 0.5) is 4.39 Å². The Morgan fingerprint density at radius 2 is 2.00 bits per heavy atom. The molecule has 134 valence electrons. The first-order chi connectivity index (χ1) is 11.1. The molecule has 1 heterocycles. The summed E-state index contributed by atoms with van der Waals surface area (Å²) in [5.41, 5.74) is 5.78. The lowest BCUT2D eigenvalue weighted by atomic mass is 10.2. The SMILES string of the molecule is Cl.NC[C@H]1CC[C@@H](C(=O)NCCCNC(=O)c2cccc(F)c2)O1. The van der Waals surface area contributed by atoms with Gasteiger partial charge in [0.05, 0.1) is 6.10 Å². The number of hydrogen-bond donors (Lipinski definition) is 3. The van der Waals surface area contributed by atoms with Gasteiger partial charge in [0.2, 0.25) is 5.91 Å². The van der Waals surface area contributed by atoms with Crippen LogP contribution in [0, 0.1) is 5.82 Å². The molecule has 4 N–H and O–H groups in total. The number of rotatable bonds is 7. The number of carbonyl (C=O) groups excluding carboxylic acids is 2. The fourth-order valence-electron chi connectivity index (χ4n) is 2.42. The van der Waals surface area contributed by atoms with Gasteiger partial charge in [-0.2, -0.15) is 0 Å². The average molecular weight is 360 g/mol. The van der Waals surface area contributed by atoms with E-state index in [0.717, 1.165) is 6.42 Å². The minimum atomic E-state index is -0.447. The van der Waals surface area contributed by atoms with Crippen molar-refractivity contribution < 1.29 is 18.7 Å². The molecule has 0 aromatic heterocycles. The van der Waals surface area contributed by atoms with E-state index >= 15 is 0 Å². The van der Waals surface area contributed by atoms with E-state index in [2.05, 4.69) is 10.6 Å². The highest BCUT2D eigenvalue weighted by atomic mass is 35.5. The first-order valence-corrected chi connectivity index (χ1v) is 7.77. The summed E-state index contributed by atoms with van der Waals surface area (Å²) in [6.45, 7) is 1.26. The van der Waals surface area contributed by atoms with Gasteiger partial charge < -0.3 is 21.1 Å². The van der Waals surface area contributed by atoms with E-state index in [4.69, 9.17) is 10.5 Å². The predicted octanol–water partition coefficient (Wildman–Crippen LogP) is 0.990. The van der Waals surface area contributed by atoms with E-state index in [1.807, 2.05) is 0 Å². The normalized spacial score (nSPS) is 19.4. The summed E-state index contributed by atoms with van der Waals surface area (Å²) < 4.78 is 18.5. The second-order valence-electron chi connectivity index (χ2n) is 5.47. The van der Waals surface area contributed by atoms with Crippen molar-refractivity contribution in [3.05, 3.63) is 35.6 Å². The quantitative estimate of drug-likeness (QED) is 0.633. The molecule has 2 atom stereocenters. The fourth-order valence-corrected chi connectivity index (χ4v) is 2.42. The molecule has 1 saturated heterocycles. The Labute approximate surface area is 146 Å². The lowest BCUT2D eigenvalue weighted by molar-refractivity contribution is -0.131. The van der Waals surface area contributed by atoms with Crippen molar-refractivity contribution in [3.8, 4) is 0 Å². The van der Waals surface area contributed by atoms with Gasteiger partial charge in [0.15, 0.2) is 0 Å². The Kier molecular flexibility index (Phi) is 8.67. The molecule has 1 fully saturated rings. The van der Waals surface area contributed by atoms with Gasteiger partial charge in [-0.1, -0.05) is 6.07 Å². The zero-order chi connectivity index (χ0) is 16.7. The molecule has 6 nitrogen and oxygen atoms in total. The van der Waals surface area contributed by atoms with Gasteiger partial charge in [-0.3, -0.25) is 9.59 Å². The van der Waals surface area contributed by atoms with Crippen LogP contribution in [0.5, 0.6) is 0 Å². The molecule has 8 heteroatoms. The Morgan fingerprint density at radius 3 is 2.67 bits per heavy atom. The lowest BCUT2D eigenvalue weighted by Crippen LogP contribution is -2.37. The maximum atomic E-state index is 13.0. The van der Waals surface area contributed by atoms with Gasteiger partial charge in [-0.15, -0.1) is 12.4 Å². The number of carbonyl (C=O) groups is 2. The van der Waals surface area contributed by atoms with Crippen LogP contribution in [0.25, 0.3) is 0 Å². The zero-order valence-electron chi connectivity index (χ0n) is 13.3. The fraction of sp³-hybridized carbons (Fsp3) is 0.500. The highest BCUT2D eigenvalue weighted by Crippen LogP contribution is 2.18. The number of amides is 2. The molecule has 1 aromatic rings. The molecule has 1 aliphatic rings. The van der Waals surface area contributed by atoms with Crippen molar-refractivity contribution in [2.24, 2.45) is 5.73 Å². The second-order valence-corrected chi connectivity index (χ2v) is 5.47. The van der Waals surface area contributed by atoms with Crippen LogP contribution in [0.2, 0.25) is 0 Å². The highest BCUT2D eigenvalue weighted by molar-refractivity contribution is 5.94. The van der Waals surface area contributed by atoms with Crippen molar-refractivity contribution in [2.45, 2.75) is 31.5 Å². The van der Waals surface area contributed by atoms with Crippen LogP contribution in [-0.2, 0) is 9.53 Å². The number of nitrogens with one attached hydrogen (secondary N) is 2. The molecular formula is C16H23ClFN3O3. The van der Waals surface area contributed by atoms with E-state index in [0.29, 0.717) is 32.5 Å². The molecular weight excluding hydrogens is 337 g/mol. The molecule has 0 bridgehead atoms. The van der Waals surface area contributed by atoms with Crippen molar-refractivity contribution in [2.75, 3.05) is 19.6 Å². The molecule has 1 aliphatic heterocycles. The summed E-state index contributed by atoms with van der Waals surface area (Å²) in [7, 11) is 0. The third kappa shape index (κ3) is 6.07. The van der Waals surface area contributed by atoms with Crippen molar-refractivity contribution in [1.29, 1.82) is 0 Å². The Balaban J connectivity index is 0.00000288. The van der Waals surface area contributed by atoms with Crippen molar-refractivity contribution in [1.82, 2.24) is 10.6 Å². The summed E-state index contributed by atoms with van der Waals surface area (Å²) in [6.07, 6.45) is 1.61. The van der Waals surface area contributed by atoms with Gasteiger partial charge in [0.1, 0.15) is 11.9 Å². The van der Waals surface area contributed by atoms with Gasteiger partial charge in [0.25, 0.3) is 5.91 Å². The molecule has 0 spiro atoms. The van der Waals surface area contributed by atoms with E-state index in [1.54, 1.807) is 6.07 Å². The highest BCUT2D eigenvalue weighted by Gasteiger charge is 2.29. The number of halogens is 2. The summed E-state index contributed by atoms with van der Waals surface area (Å²) in [5.74, 6) is -0.921. The van der Waals surface area contributed by atoms with Crippen LogP contribution < -0.4 is 16.4 Å². The number of hydrogen-bond acceptors (Lipinski definition) is 4. The Hall–Kier alpha value is -1.70. The van der Waals surface area contributed by atoms with Crippen LogP contribution in [0.15, 0.2) is 24.3 Å². The molecule has 0 radical (unpaired) electrons. The number of benzene rings is 1. The van der Waals surface area contributed by atoms with Crippen LogP contribution in [0.1, 0.15) is 29.6 Å². The summed E-state index contributed by atoms with van der Waals surface area (Å²) in [6, 6.07) is 5.50. The van der Waals surface area contributed by atoms with Gasteiger partial charge in [0, 0.05) is 25.2 Å². The molecule has 0 unspecified atom stereocenters. The predicted molar refractivity (Wildman–Crippen MR) is 90.6 cm³/mol. The average Bonchev–Trinajstić information content (AvgIpc) is 3.03. The largest absolute Gasteiger partial charge is 0.364 e. The Morgan fingerprint density at radius 1 is 1.25 bits per heavy atom. The van der Waals surface area contributed by atoms with E-state index in [-0.39, 0.29) is 35.9 Å². The van der Waals surface area contributed by atoms with Crippen molar-refractivity contribution in [3.63, 3.8) is 0 Å². The van der Waals surface area contributed by atoms with Crippen LogP contribution in [0.3, 0.4) is 0 Å². The molecule has 2 amide bonds. The third-order valence-corrected chi connectivity index (χ3v) is 3.69. The molecule has 0 saturated carbocycles. The first-order valence-electron chi connectivity index (χ1n) is 7.77. The third-order valence-electron chi connectivity index (χ3n) is 3.69. The summed E-state index contributed by atoms with van der Waals surface area (Å²) in [4.78, 5) is 23.6. The smallest absolute Gasteiger partial charge is 0.251 e. The molecule has 24 heavy (non-hydrogen) atoms. The second kappa shape index (κ2) is 10.2. The minimum absolute atomic E-state index is 0. The molecule has 1 aromatic carbocycles. The maximum absolute atomic E-state index is 13.0. The van der Waals surface area contributed by atoms with Gasteiger partial charge in [-0.05, 0) is 37.5 Å². The molecule has 2 rings (SSSR count). The number of ether oxygens (including phenoxy) is 1. The summed E-state index contributed by atoms with van der Waals surface area (Å²) >= 11 is 0. The zero-order valence-corrected chi connectivity index (χ0v) is 14.1. The first kappa shape index (κ1) is 20.3. The Bertz CT molecular complexity index is 559. The molecule has 0 aliphatic carbocycles. The minimum Gasteiger partial charge on any atom is -0.364 e. The van der Waals surface area contributed by atoms with Crippen LogP contribution >= 0.6 is 12.4 Å².